The van der Waals surface area contributed by atoms with Crippen LogP contribution in [0.5, 0.6) is 5.75 Å². The summed E-state index contributed by atoms with van der Waals surface area (Å²) in [5, 5.41) is 20.0. The molecule has 0 heterocycles. The summed E-state index contributed by atoms with van der Waals surface area (Å²) in [6.45, 7) is 4.37. The normalized spacial score (nSPS) is 10.4. The molecule has 0 saturated heterocycles. The highest BCUT2D eigenvalue weighted by atomic mass is 16.6. The predicted octanol–water partition coefficient (Wildman–Crippen LogP) is 1.85. The third-order valence-electron chi connectivity index (χ3n) is 3.19. The van der Waals surface area contributed by atoms with Gasteiger partial charge in [0.25, 0.3) is 11.6 Å². The van der Waals surface area contributed by atoms with Gasteiger partial charge in [-0.1, -0.05) is 0 Å². The third kappa shape index (κ3) is 3.72. The second kappa shape index (κ2) is 6.88. The lowest BCUT2D eigenvalue weighted by Crippen LogP contribution is -2.40. The van der Waals surface area contributed by atoms with Crippen molar-refractivity contribution >= 4 is 17.6 Å². The first-order chi connectivity index (χ1) is 10.2. The summed E-state index contributed by atoms with van der Waals surface area (Å²) in [5.41, 5.74) is 0.0733. The van der Waals surface area contributed by atoms with Gasteiger partial charge in [-0.05, 0) is 26.8 Å². The number of carbonyl (C=O) groups excluding carboxylic acids is 1. The number of carbonyl (C=O) groups is 2. The highest BCUT2D eigenvalue weighted by molar-refractivity contribution is 5.97. The number of methoxy groups -OCH3 is 1. The van der Waals surface area contributed by atoms with Crippen LogP contribution in [0.2, 0.25) is 0 Å². The van der Waals surface area contributed by atoms with Crippen molar-refractivity contribution < 1.29 is 24.4 Å². The molecule has 0 saturated carbocycles. The summed E-state index contributed by atoms with van der Waals surface area (Å²) >= 11 is 0. The topological polar surface area (TPSA) is 110 Å². The summed E-state index contributed by atoms with van der Waals surface area (Å²) in [5.74, 6) is -1.55. The molecule has 120 valence electrons. The Morgan fingerprint density at radius 3 is 2.41 bits per heavy atom. The fourth-order valence-electron chi connectivity index (χ4n) is 2.00. The van der Waals surface area contributed by atoms with Crippen LogP contribution in [0.4, 0.5) is 5.69 Å². The SMILES string of the molecule is COc1cc(C(=O)N(CC(=O)O)C(C)C)cc([N+](=O)[O-])c1C. The fourth-order valence-corrected chi connectivity index (χ4v) is 2.00. The number of carboxylic acids is 1. The average molecular weight is 310 g/mol. The van der Waals surface area contributed by atoms with Crippen molar-refractivity contribution in [3.05, 3.63) is 33.4 Å². The number of ether oxygens (including phenoxy) is 1. The summed E-state index contributed by atoms with van der Waals surface area (Å²) in [4.78, 5) is 34.9. The highest BCUT2D eigenvalue weighted by Crippen LogP contribution is 2.30. The van der Waals surface area contributed by atoms with Crippen LogP contribution in [0.1, 0.15) is 29.8 Å². The smallest absolute Gasteiger partial charge is 0.323 e. The Kier molecular flexibility index (Phi) is 5.44. The van der Waals surface area contributed by atoms with Crippen LogP contribution in [0.15, 0.2) is 12.1 Å². The standard InChI is InChI=1S/C14H18N2O6/c1-8(2)15(7-13(17)18)14(19)10-5-11(16(20)21)9(3)12(6-10)22-4/h5-6,8H,7H2,1-4H3,(H,17,18). The number of nitro benzene ring substituents is 1. The van der Waals surface area contributed by atoms with E-state index >= 15 is 0 Å². The quantitative estimate of drug-likeness (QED) is 0.634. The summed E-state index contributed by atoms with van der Waals surface area (Å²) < 4.78 is 5.06. The maximum atomic E-state index is 12.5. The number of carboxylic acid groups (broad SMARTS) is 1. The van der Waals surface area contributed by atoms with Crippen molar-refractivity contribution in [1.82, 2.24) is 4.90 Å². The maximum absolute atomic E-state index is 12.5. The molecule has 1 amide bonds. The molecule has 1 aromatic carbocycles. The maximum Gasteiger partial charge on any atom is 0.323 e. The molecule has 8 nitrogen and oxygen atoms in total. The highest BCUT2D eigenvalue weighted by Gasteiger charge is 2.25. The van der Waals surface area contributed by atoms with Gasteiger partial charge >= 0.3 is 5.97 Å². The van der Waals surface area contributed by atoms with Gasteiger partial charge in [-0.25, -0.2) is 0 Å². The van der Waals surface area contributed by atoms with Crippen molar-refractivity contribution in [3.8, 4) is 5.75 Å². The Morgan fingerprint density at radius 2 is 2.00 bits per heavy atom. The zero-order chi connectivity index (χ0) is 17.0. The van der Waals surface area contributed by atoms with Crippen LogP contribution >= 0.6 is 0 Å². The van der Waals surface area contributed by atoms with Crippen LogP contribution < -0.4 is 4.74 Å². The summed E-state index contributed by atoms with van der Waals surface area (Å²) in [7, 11) is 1.35. The zero-order valence-electron chi connectivity index (χ0n) is 12.8. The van der Waals surface area contributed by atoms with Gasteiger partial charge < -0.3 is 14.7 Å². The Bertz CT molecular complexity index is 612. The largest absolute Gasteiger partial charge is 0.496 e. The van der Waals surface area contributed by atoms with Gasteiger partial charge in [0.05, 0.1) is 23.2 Å². The van der Waals surface area contributed by atoms with Gasteiger partial charge in [0.15, 0.2) is 0 Å². The van der Waals surface area contributed by atoms with E-state index in [4.69, 9.17) is 9.84 Å². The third-order valence-corrected chi connectivity index (χ3v) is 3.19. The van der Waals surface area contributed by atoms with Gasteiger partial charge in [0.2, 0.25) is 0 Å². The lowest BCUT2D eigenvalue weighted by molar-refractivity contribution is -0.385. The molecule has 0 aromatic heterocycles. The molecule has 0 unspecified atom stereocenters. The number of aliphatic carboxylic acids is 1. The number of nitro groups is 1. The second-order valence-electron chi connectivity index (χ2n) is 5.00. The van der Waals surface area contributed by atoms with E-state index < -0.39 is 23.3 Å². The van der Waals surface area contributed by atoms with E-state index in [9.17, 15) is 19.7 Å². The Balaban J connectivity index is 3.35. The molecule has 1 aromatic rings. The molecule has 0 atom stereocenters. The molecule has 1 rings (SSSR count). The van der Waals surface area contributed by atoms with Gasteiger partial charge in [0, 0.05) is 12.1 Å². The Labute approximate surface area is 127 Å². The van der Waals surface area contributed by atoms with Gasteiger partial charge in [0.1, 0.15) is 12.3 Å². The van der Waals surface area contributed by atoms with Crippen LogP contribution in [-0.2, 0) is 4.79 Å². The van der Waals surface area contributed by atoms with Crippen LogP contribution in [0.25, 0.3) is 0 Å². The first-order valence-electron chi connectivity index (χ1n) is 6.54. The van der Waals surface area contributed by atoms with Gasteiger partial charge in [-0.2, -0.15) is 0 Å². The first-order valence-corrected chi connectivity index (χ1v) is 6.54. The molecule has 0 fully saturated rings. The average Bonchev–Trinajstić information content (AvgIpc) is 2.43. The van der Waals surface area contributed by atoms with Crippen molar-refractivity contribution in [2.24, 2.45) is 0 Å². The van der Waals surface area contributed by atoms with E-state index in [0.29, 0.717) is 5.56 Å². The van der Waals surface area contributed by atoms with Gasteiger partial charge in [-0.3, -0.25) is 19.7 Å². The molecular weight excluding hydrogens is 292 g/mol. The van der Waals surface area contributed by atoms with Crippen LogP contribution in [0.3, 0.4) is 0 Å². The fraction of sp³-hybridized carbons (Fsp3) is 0.429. The Morgan fingerprint density at radius 1 is 1.41 bits per heavy atom. The van der Waals surface area contributed by atoms with Gasteiger partial charge in [-0.15, -0.1) is 0 Å². The molecule has 22 heavy (non-hydrogen) atoms. The van der Waals surface area contributed by atoms with E-state index in [0.717, 1.165) is 11.0 Å². The molecule has 0 spiro atoms. The van der Waals surface area contributed by atoms with Crippen molar-refractivity contribution in [2.75, 3.05) is 13.7 Å². The first kappa shape index (κ1) is 17.4. The molecular formula is C14H18N2O6. The number of rotatable bonds is 6. The van der Waals surface area contributed by atoms with Crippen LogP contribution in [-0.4, -0.2) is 46.5 Å². The summed E-state index contributed by atoms with van der Waals surface area (Å²) in [6, 6.07) is 2.15. The lowest BCUT2D eigenvalue weighted by atomic mass is 10.1. The molecule has 8 heteroatoms. The van der Waals surface area contributed by atoms with E-state index in [1.165, 1.54) is 20.1 Å². The number of nitrogens with zero attached hydrogens (tertiary/aromatic N) is 2. The minimum Gasteiger partial charge on any atom is -0.496 e. The lowest BCUT2D eigenvalue weighted by Gasteiger charge is -2.25. The second-order valence-corrected chi connectivity index (χ2v) is 5.00. The molecule has 0 aliphatic heterocycles. The number of amides is 1. The zero-order valence-corrected chi connectivity index (χ0v) is 12.8. The summed E-state index contributed by atoms with van der Waals surface area (Å²) in [6.07, 6.45) is 0. The van der Waals surface area contributed by atoms with E-state index in [1.54, 1.807) is 13.8 Å². The van der Waals surface area contributed by atoms with E-state index in [1.807, 2.05) is 0 Å². The molecule has 0 aliphatic carbocycles. The van der Waals surface area contributed by atoms with E-state index in [2.05, 4.69) is 0 Å². The minimum atomic E-state index is -1.16. The van der Waals surface area contributed by atoms with Crippen molar-refractivity contribution in [1.29, 1.82) is 0 Å². The molecule has 1 N–H and O–H groups in total. The Hall–Kier alpha value is -2.64. The predicted molar refractivity (Wildman–Crippen MR) is 78.2 cm³/mol. The number of hydrogen-bond donors (Lipinski definition) is 1. The molecule has 0 radical (unpaired) electrons. The van der Waals surface area contributed by atoms with Crippen LogP contribution in [0, 0.1) is 17.0 Å². The number of benzene rings is 1. The van der Waals surface area contributed by atoms with E-state index in [-0.39, 0.29) is 23.0 Å². The number of hydrogen-bond acceptors (Lipinski definition) is 5. The molecule has 0 bridgehead atoms. The van der Waals surface area contributed by atoms with Crippen molar-refractivity contribution in [3.63, 3.8) is 0 Å². The minimum absolute atomic E-state index is 0.0177. The van der Waals surface area contributed by atoms with Crippen molar-refractivity contribution in [2.45, 2.75) is 26.8 Å². The molecule has 0 aliphatic rings. The monoisotopic (exact) mass is 310 g/mol.